The molecule has 0 spiro atoms. The number of aromatic amines is 1. The fraction of sp³-hybridized carbons (Fsp3) is 0.375. The van der Waals surface area contributed by atoms with Gasteiger partial charge >= 0.3 is 0 Å². The highest BCUT2D eigenvalue weighted by Crippen LogP contribution is 2.34. The van der Waals surface area contributed by atoms with Crippen LogP contribution in [0.25, 0.3) is 0 Å². The molecule has 1 aliphatic heterocycles. The van der Waals surface area contributed by atoms with Crippen molar-refractivity contribution >= 4 is 23.4 Å². The lowest BCUT2D eigenvalue weighted by molar-refractivity contribution is -0.0163. The molecule has 23 heavy (non-hydrogen) atoms. The Bertz CT molecular complexity index is 776. The normalized spacial score (nSPS) is 13.7. The van der Waals surface area contributed by atoms with Gasteiger partial charge in [-0.1, -0.05) is 37.2 Å². The lowest BCUT2D eigenvalue weighted by atomic mass is 10.1. The Morgan fingerprint density at radius 3 is 3.00 bits per heavy atom. The first-order valence-corrected chi connectivity index (χ1v) is 8.65. The molecule has 0 unspecified atom stereocenters. The fourth-order valence-electron chi connectivity index (χ4n) is 2.29. The monoisotopic (exact) mass is 352 g/mol. The lowest BCUT2D eigenvalue weighted by Crippen LogP contribution is -2.12. The maximum absolute atomic E-state index is 11.7. The Morgan fingerprint density at radius 1 is 1.39 bits per heavy atom. The van der Waals surface area contributed by atoms with Gasteiger partial charge in [-0.3, -0.25) is 4.79 Å². The number of nitrogens with zero attached hydrogens (tertiary/aromatic N) is 1. The number of fused-ring (bicyclic) bond motifs is 1. The second-order valence-corrected chi connectivity index (χ2v) is 6.97. The number of ether oxygens (including phenoxy) is 2. The van der Waals surface area contributed by atoms with Gasteiger partial charge in [-0.15, -0.1) is 0 Å². The van der Waals surface area contributed by atoms with Gasteiger partial charge in [-0.25, -0.2) is 4.98 Å². The summed E-state index contributed by atoms with van der Waals surface area (Å²) in [4.78, 5) is 19.0. The molecule has 7 heteroatoms. The first kappa shape index (κ1) is 16.4. The second-order valence-electron chi connectivity index (χ2n) is 5.60. The van der Waals surface area contributed by atoms with Crippen molar-refractivity contribution < 1.29 is 9.47 Å². The van der Waals surface area contributed by atoms with Crippen molar-refractivity contribution in [1.82, 2.24) is 9.97 Å². The van der Waals surface area contributed by atoms with E-state index in [1.807, 2.05) is 26.0 Å². The van der Waals surface area contributed by atoms with Crippen LogP contribution < -0.4 is 10.3 Å². The maximum atomic E-state index is 11.7. The maximum Gasteiger partial charge on any atom is 0.251 e. The van der Waals surface area contributed by atoms with E-state index in [0.717, 1.165) is 16.8 Å². The van der Waals surface area contributed by atoms with Crippen LogP contribution in [0.3, 0.4) is 0 Å². The number of halogens is 1. The summed E-state index contributed by atoms with van der Waals surface area (Å²) in [6.07, 6.45) is 0. The van der Waals surface area contributed by atoms with E-state index in [2.05, 4.69) is 9.97 Å². The van der Waals surface area contributed by atoms with Crippen LogP contribution in [-0.4, -0.2) is 16.8 Å². The van der Waals surface area contributed by atoms with Crippen LogP contribution in [0.5, 0.6) is 5.75 Å². The number of aromatic nitrogens is 2. The Balaban J connectivity index is 1.78. The summed E-state index contributed by atoms with van der Waals surface area (Å²) in [6.45, 7) is 4.75. The standard InChI is InChI=1S/C16H17ClN2O3S/c1-9(2)13-5-14(20)19-16(18-13)23-7-10-3-11-6-21-8-22-15(11)12(17)4-10/h3-5,9H,6-8H2,1-2H3,(H,18,19,20). The van der Waals surface area contributed by atoms with Gasteiger partial charge in [0.15, 0.2) is 11.9 Å². The van der Waals surface area contributed by atoms with Gasteiger partial charge in [-0.05, 0) is 23.6 Å². The number of hydrogen-bond acceptors (Lipinski definition) is 5. The fourth-order valence-corrected chi connectivity index (χ4v) is 3.42. The molecule has 5 nitrogen and oxygen atoms in total. The van der Waals surface area contributed by atoms with Crippen LogP contribution in [-0.2, 0) is 17.1 Å². The van der Waals surface area contributed by atoms with E-state index in [1.165, 1.54) is 11.8 Å². The molecule has 0 fully saturated rings. The zero-order valence-electron chi connectivity index (χ0n) is 12.9. The van der Waals surface area contributed by atoms with E-state index in [9.17, 15) is 4.79 Å². The molecule has 1 N–H and O–H groups in total. The van der Waals surface area contributed by atoms with E-state index in [0.29, 0.717) is 28.3 Å². The van der Waals surface area contributed by atoms with E-state index in [-0.39, 0.29) is 18.3 Å². The van der Waals surface area contributed by atoms with Crippen LogP contribution in [0.1, 0.15) is 36.6 Å². The molecule has 2 heterocycles. The highest BCUT2D eigenvalue weighted by Gasteiger charge is 2.16. The molecule has 1 aromatic heterocycles. The summed E-state index contributed by atoms with van der Waals surface area (Å²) in [5.74, 6) is 1.56. The van der Waals surface area contributed by atoms with E-state index in [4.69, 9.17) is 21.1 Å². The second kappa shape index (κ2) is 6.95. The zero-order valence-corrected chi connectivity index (χ0v) is 14.5. The Kier molecular flexibility index (Phi) is 4.94. The van der Waals surface area contributed by atoms with Crippen molar-refractivity contribution in [2.75, 3.05) is 6.79 Å². The molecule has 0 saturated carbocycles. The minimum absolute atomic E-state index is 0.128. The molecule has 0 amide bonds. The SMILES string of the molecule is CC(C)c1cc(=O)[nH]c(SCc2cc(Cl)c3c(c2)COCO3)n1. The van der Waals surface area contributed by atoms with Gasteiger partial charge in [0.2, 0.25) is 0 Å². The van der Waals surface area contributed by atoms with E-state index in [1.54, 1.807) is 6.07 Å². The van der Waals surface area contributed by atoms with Gasteiger partial charge in [-0.2, -0.15) is 0 Å². The summed E-state index contributed by atoms with van der Waals surface area (Å²) < 4.78 is 10.7. The molecule has 3 rings (SSSR count). The van der Waals surface area contributed by atoms with Crippen LogP contribution >= 0.6 is 23.4 Å². The summed E-state index contributed by atoms with van der Waals surface area (Å²) in [5.41, 5.74) is 2.64. The molecule has 0 radical (unpaired) electrons. The smallest absolute Gasteiger partial charge is 0.251 e. The summed E-state index contributed by atoms with van der Waals surface area (Å²) >= 11 is 7.73. The first-order chi connectivity index (χ1) is 11.0. The lowest BCUT2D eigenvalue weighted by Gasteiger charge is -2.19. The molecule has 1 aromatic carbocycles. The van der Waals surface area contributed by atoms with Crippen molar-refractivity contribution in [3.63, 3.8) is 0 Å². The van der Waals surface area contributed by atoms with Crippen molar-refractivity contribution in [3.8, 4) is 5.75 Å². The first-order valence-electron chi connectivity index (χ1n) is 7.29. The van der Waals surface area contributed by atoms with Gasteiger partial charge in [0.1, 0.15) is 5.75 Å². The molecule has 122 valence electrons. The Labute approximate surface area is 143 Å². The number of thioether (sulfide) groups is 1. The summed E-state index contributed by atoms with van der Waals surface area (Å²) in [5, 5.41) is 1.20. The molecular formula is C16H17ClN2O3S. The third kappa shape index (κ3) is 3.88. The van der Waals surface area contributed by atoms with Gasteiger partial charge in [0.25, 0.3) is 5.56 Å². The number of H-pyrrole nitrogens is 1. The Morgan fingerprint density at radius 2 is 2.22 bits per heavy atom. The largest absolute Gasteiger partial charge is 0.466 e. The summed E-state index contributed by atoms with van der Waals surface area (Å²) in [7, 11) is 0. The quantitative estimate of drug-likeness (QED) is 0.671. The molecule has 2 aromatic rings. The van der Waals surface area contributed by atoms with Gasteiger partial charge < -0.3 is 14.5 Å². The van der Waals surface area contributed by atoms with Crippen LogP contribution in [0.15, 0.2) is 28.2 Å². The number of nitrogens with one attached hydrogen (secondary N) is 1. The predicted molar refractivity (Wildman–Crippen MR) is 90.2 cm³/mol. The molecule has 0 atom stereocenters. The minimum Gasteiger partial charge on any atom is -0.466 e. The highest BCUT2D eigenvalue weighted by molar-refractivity contribution is 7.98. The molecule has 0 saturated heterocycles. The minimum atomic E-state index is -0.128. The van der Waals surface area contributed by atoms with E-state index < -0.39 is 0 Å². The van der Waals surface area contributed by atoms with Crippen LogP contribution in [0.4, 0.5) is 0 Å². The van der Waals surface area contributed by atoms with Crippen molar-refractivity contribution in [3.05, 3.63) is 50.4 Å². The number of hydrogen-bond donors (Lipinski definition) is 1. The summed E-state index contributed by atoms with van der Waals surface area (Å²) in [6, 6.07) is 5.43. The third-order valence-corrected chi connectivity index (χ3v) is 4.66. The average molecular weight is 353 g/mol. The topological polar surface area (TPSA) is 64.2 Å². The molecular weight excluding hydrogens is 336 g/mol. The molecule has 1 aliphatic rings. The molecule has 0 bridgehead atoms. The Hall–Kier alpha value is -1.50. The predicted octanol–water partition coefficient (Wildman–Crippen LogP) is 3.71. The van der Waals surface area contributed by atoms with Crippen molar-refractivity contribution in [1.29, 1.82) is 0 Å². The van der Waals surface area contributed by atoms with E-state index >= 15 is 0 Å². The van der Waals surface area contributed by atoms with Crippen molar-refractivity contribution in [2.45, 2.75) is 37.3 Å². The number of benzene rings is 1. The van der Waals surface area contributed by atoms with Gasteiger partial charge in [0.05, 0.1) is 17.3 Å². The van der Waals surface area contributed by atoms with Crippen LogP contribution in [0, 0.1) is 0 Å². The van der Waals surface area contributed by atoms with Crippen molar-refractivity contribution in [2.24, 2.45) is 0 Å². The van der Waals surface area contributed by atoms with Gasteiger partial charge in [0, 0.05) is 17.4 Å². The number of rotatable bonds is 4. The third-order valence-electron chi connectivity index (χ3n) is 3.43. The zero-order chi connectivity index (χ0) is 16.4. The highest BCUT2D eigenvalue weighted by atomic mass is 35.5. The van der Waals surface area contributed by atoms with Crippen LogP contribution in [0.2, 0.25) is 5.02 Å². The average Bonchev–Trinajstić information content (AvgIpc) is 2.52. The molecule has 0 aliphatic carbocycles.